The van der Waals surface area contributed by atoms with E-state index in [1.54, 1.807) is 22.2 Å². The van der Waals surface area contributed by atoms with Crippen LogP contribution in [0.4, 0.5) is 4.79 Å². The minimum atomic E-state index is -0.623. The first-order chi connectivity index (χ1) is 15.4. The predicted molar refractivity (Wildman–Crippen MR) is 119 cm³/mol. The Labute approximate surface area is 185 Å². The van der Waals surface area contributed by atoms with E-state index in [1.165, 1.54) is 6.33 Å². The monoisotopic (exact) mass is 429 g/mol. The van der Waals surface area contributed by atoms with Crippen molar-refractivity contribution in [2.24, 2.45) is 0 Å². The van der Waals surface area contributed by atoms with E-state index in [1.807, 2.05) is 50.2 Å². The maximum atomic E-state index is 13.1. The minimum absolute atomic E-state index is 0.0247. The van der Waals surface area contributed by atoms with Crippen LogP contribution in [0.5, 0.6) is 5.75 Å². The van der Waals surface area contributed by atoms with Crippen molar-refractivity contribution < 1.29 is 9.90 Å². The number of H-pyrrole nitrogens is 1. The topological polar surface area (TPSA) is 102 Å². The normalized spacial score (nSPS) is 15.7. The van der Waals surface area contributed by atoms with Crippen molar-refractivity contribution in [3.63, 3.8) is 0 Å². The number of nitrogens with zero attached hydrogens (tertiary/aromatic N) is 4. The van der Waals surface area contributed by atoms with Gasteiger partial charge in [-0.1, -0.05) is 24.0 Å². The van der Waals surface area contributed by atoms with E-state index >= 15 is 0 Å². The van der Waals surface area contributed by atoms with Crippen molar-refractivity contribution in [3.05, 3.63) is 87.9 Å². The van der Waals surface area contributed by atoms with Gasteiger partial charge in [0, 0.05) is 36.1 Å². The van der Waals surface area contributed by atoms with Crippen molar-refractivity contribution in [1.29, 1.82) is 0 Å². The van der Waals surface area contributed by atoms with Crippen LogP contribution < -0.4 is 5.56 Å². The van der Waals surface area contributed by atoms with Crippen molar-refractivity contribution in [2.75, 3.05) is 6.54 Å². The number of carbonyl (C=O) groups excluding carboxylic acids is 1. The molecule has 0 spiro atoms. The predicted octanol–water partition coefficient (Wildman–Crippen LogP) is 2.66. The van der Waals surface area contributed by atoms with E-state index in [0.29, 0.717) is 6.54 Å². The second-order valence-electron chi connectivity index (χ2n) is 7.82. The van der Waals surface area contributed by atoms with Gasteiger partial charge in [0.2, 0.25) is 5.75 Å². The highest BCUT2D eigenvalue weighted by Gasteiger charge is 2.39. The van der Waals surface area contributed by atoms with Crippen molar-refractivity contribution in [3.8, 4) is 17.6 Å². The highest BCUT2D eigenvalue weighted by atomic mass is 16.3. The summed E-state index contributed by atoms with van der Waals surface area (Å²) in [6, 6.07) is 11.2. The van der Waals surface area contributed by atoms with Crippen LogP contribution in [0.1, 0.15) is 42.3 Å². The maximum absolute atomic E-state index is 13.1. The summed E-state index contributed by atoms with van der Waals surface area (Å²) in [6.45, 7) is 4.41. The summed E-state index contributed by atoms with van der Waals surface area (Å²) in [5.74, 6) is 5.75. The molecule has 0 aliphatic carbocycles. The molecule has 1 aliphatic heterocycles. The fourth-order valence-corrected chi connectivity index (χ4v) is 3.75. The van der Waals surface area contributed by atoms with E-state index in [-0.39, 0.29) is 30.4 Å². The molecule has 1 atom stereocenters. The summed E-state index contributed by atoms with van der Waals surface area (Å²) in [5, 5.41) is 9.99. The summed E-state index contributed by atoms with van der Waals surface area (Å²) in [5.41, 5.74) is 2.25. The Morgan fingerprint density at radius 1 is 1.16 bits per heavy atom. The molecule has 1 unspecified atom stereocenters. The number of rotatable bonds is 4. The van der Waals surface area contributed by atoms with Crippen LogP contribution in [0.2, 0.25) is 0 Å². The molecule has 0 radical (unpaired) electrons. The number of benzene rings is 1. The number of amides is 2. The molecule has 0 bridgehead atoms. The number of aromatic hydroxyl groups is 1. The zero-order valence-corrected chi connectivity index (χ0v) is 17.8. The van der Waals surface area contributed by atoms with Gasteiger partial charge in [0.05, 0.1) is 18.9 Å². The summed E-state index contributed by atoms with van der Waals surface area (Å²) < 4.78 is 0. The van der Waals surface area contributed by atoms with E-state index in [2.05, 4.69) is 26.8 Å². The number of aromatic nitrogens is 3. The molecule has 3 aromatic rings. The molecule has 3 heterocycles. The lowest BCUT2D eigenvalue weighted by atomic mass is 10.0. The summed E-state index contributed by atoms with van der Waals surface area (Å²) in [6.07, 6.45) is 4.65. The molecule has 0 saturated carbocycles. The summed E-state index contributed by atoms with van der Waals surface area (Å²) in [7, 11) is 0. The quantitative estimate of drug-likeness (QED) is 0.621. The molecule has 2 N–H and O–H groups in total. The lowest BCUT2D eigenvalue weighted by molar-refractivity contribution is 0.171. The van der Waals surface area contributed by atoms with Gasteiger partial charge in [0.25, 0.3) is 5.56 Å². The van der Waals surface area contributed by atoms with Gasteiger partial charge in [0.15, 0.2) is 0 Å². The first kappa shape index (κ1) is 21.1. The third-order valence-corrected chi connectivity index (χ3v) is 5.33. The fourth-order valence-electron chi connectivity index (χ4n) is 3.75. The molecule has 1 fully saturated rings. The molecule has 1 aromatic carbocycles. The van der Waals surface area contributed by atoms with E-state index < -0.39 is 11.3 Å². The maximum Gasteiger partial charge on any atom is 0.321 e. The van der Waals surface area contributed by atoms with Crippen molar-refractivity contribution in [2.45, 2.75) is 32.5 Å². The molecular weight excluding hydrogens is 406 g/mol. The first-order valence-electron chi connectivity index (χ1n) is 10.3. The van der Waals surface area contributed by atoms with Crippen molar-refractivity contribution >= 4 is 6.03 Å². The third kappa shape index (κ3) is 4.32. The highest BCUT2D eigenvalue weighted by Crippen LogP contribution is 2.32. The molecule has 1 saturated heterocycles. The van der Waals surface area contributed by atoms with E-state index in [4.69, 9.17) is 0 Å². The fraction of sp³-hybridized carbons (Fsp3) is 0.250. The van der Waals surface area contributed by atoms with Crippen LogP contribution in [0.15, 0.2) is 59.9 Å². The first-order valence-corrected chi connectivity index (χ1v) is 10.3. The van der Waals surface area contributed by atoms with Crippen LogP contribution in [0.3, 0.4) is 0 Å². The van der Waals surface area contributed by atoms with Gasteiger partial charge < -0.3 is 19.9 Å². The second-order valence-corrected chi connectivity index (χ2v) is 7.82. The average Bonchev–Trinajstić information content (AvgIpc) is 3.12. The third-order valence-electron chi connectivity index (χ3n) is 5.33. The van der Waals surface area contributed by atoms with Crippen LogP contribution in [0, 0.1) is 11.8 Å². The molecular formula is C24H23N5O3. The molecule has 4 rings (SSSR count). The summed E-state index contributed by atoms with van der Waals surface area (Å²) >= 11 is 0. The van der Waals surface area contributed by atoms with Crippen LogP contribution >= 0.6 is 0 Å². The molecule has 1 aliphatic rings. The number of pyridine rings is 1. The zero-order chi connectivity index (χ0) is 22.7. The van der Waals surface area contributed by atoms with Crippen LogP contribution in [0.25, 0.3) is 0 Å². The van der Waals surface area contributed by atoms with Gasteiger partial charge in [-0.2, -0.15) is 0 Å². The smallest absolute Gasteiger partial charge is 0.321 e. The number of hydrogen-bond donors (Lipinski definition) is 2. The Kier molecular flexibility index (Phi) is 5.90. The van der Waals surface area contributed by atoms with Crippen LogP contribution in [-0.4, -0.2) is 48.5 Å². The molecule has 8 nitrogen and oxygen atoms in total. The molecule has 162 valence electrons. The van der Waals surface area contributed by atoms with E-state index in [0.717, 1.165) is 16.7 Å². The number of nitrogens with one attached hydrogen (secondary N) is 1. The standard InChI is InChI=1S/C24H23N5O3/c1-16(2)29-21(14-28(24(29)32)13-20-22(30)23(31)27-15-26-20)19-9-7-17(8-10-19)5-6-18-4-3-11-25-12-18/h3-4,7-12,15-16,21,30H,13-14H2,1-2H3,(H,26,27,31). The largest absolute Gasteiger partial charge is 0.502 e. The molecule has 2 aromatic heterocycles. The van der Waals surface area contributed by atoms with Gasteiger partial charge in [-0.25, -0.2) is 9.78 Å². The number of carbonyl (C=O) groups is 1. The minimum Gasteiger partial charge on any atom is -0.502 e. The molecule has 32 heavy (non-hydrogen) atoms. The average molecular weight is 429 g/mol. The Morgan fingerprint density at radius 3 is 2.59 bits per heavy atom. The number of urea groups is 1. The lowest BCUT2D eigenvalue weighted by Crippen LogP contribution is -2.37. The van der Waals surface area contributed by atoms with Gasteiger partial charge in [0.1, 0.15) is 5.69 Å². The van der Waals surface area contributed by atoms with Gasteiger partial charge in [-0.05, 0) is 43.7 Å². The second kappa shape index (κ2) is 8.94. The SMILES string of the molecule is CC(C)N1C(=O)N(Cc2nc[nH]c(=O)c2O)CC1c1ccc(C#Cc2cccnc2)cc1. The van der Waals surface area contributed by atoms with E-state index in [9.17, 15) is 14.7 Å². The Bertz CT molecular complexity index is 1230. The van der Waals surface area contributed by atoms with Gasteiger partial charge >= 0.3 is 6.03 Å². The Morgan fingerprint density at radius 2 is 1.91 bits per heavy atom. The molecule has 8 heteroatoms. The highest BCUT2D eigenvalue weighted by molar-refractivity contribution is 5.78. The van der Waals surface area contributed by atoms with Gasteiger partial charge in [-0.15, -0.1) is 0 Å². The lowest BCUT2D eigenvalue weighted by Gasteiger charge is -2.27. The Hall–Kier alpha value is -4.12. The summed E-state index contributed by atoms with van der Waals surface area (Å²) in [4.78, 5) is 38.5. The number of aromatic amines is 1. The van der Waals surface area contributed by atoms with Crippen LogP contribution in [-0.2, 0) is 6.54 Å². The molecule has 2 amide bonds. The van der Waals surface area contributed by atoms with Gasteiger partial charge in [-0.3, -0.25) is 9.78 Å². The van der Waals surface area contributed by atoms with Crippen molar-refractivity contribution in [1.82, 2.24) is 24.8 Å². The Balaban J connectivity index is 1.55. The number of hydrogen-bond acceptors (Lipinski definition) is 5. The zero-order valence-electron chi connectivity index (χ0n) is 17.8.